The van der Waals surface area contributed by atoms with E-state index in [1.54, 1.807) is 0 Å². The number of nitriles is 1. The molecule has 7 nitrogen and oxygen atoms in total. The van der Waals surface area contributed by atoms with Crippen LogP contribution in [-0.2, 0) is 0 Å². The van der Waals surface area contributed by atoms with Crippen LogP contribution in [0.2, 0.25) is 5.15 Å². The summed E-state index contributed by atoms with van der Waals surface area (Å²) in [6.07, 6.45) is 1.11. The zero-order valence-electron chi connectivity index (χ0n) is 10.2. The maximum Gasteiger partial charge on any atom is 0.332 e. The molecule has 1 aromatic carbocycles. The summed E-state index contributed by atoms with van der Waals surface area (Å²) >= 11 is 5.74. The van der Waals surface area contributed by atoms with Gasteiger partial charge in [0, 0.05) is 0 Å². The van der Waals surface area contributed by atoms with E-state index in [9.17, 15) is 10.1 Å². The Balaban J connectivity index is 2.77. The fourth-order valence-corrected chi connectivity index (χ4v) is 1.88. The van der Waals surface area contributed by atoms with Crippen molar-refractivity contribution in [3.8, 4) is 23.1 Å². The van der Waals surface area contributed by atoms with E-state index in [0.29, 0.717) is 16.9 Å². The van der Waals surface area contributed by atoms with Crippen molar-refractivity contribution in [1.82, 2.24) is 9.97 Å². The lowest BCUT2D eigenvalue weighted by atomic mass is 10.1. The quantitative estimate of drug-likeness (QED) is 0.489. The van der Waals surface area contributed by atoms with Gasteiger partial charge in [-0.2, -0.15) is 5.26 Å². The van der Waals surface area contributed by atoms with Crippen molar-refractivity contribution in [2.45, 2.75) is 0 Å². The molecular weight excluding hydrogens is 284 g/mol. The van der Waals surface area contributed by atoms with Gasteiger partial charge in [0.25, 0.3) is 0 Å². The predicted molar refractivity (Wildman–Crippen MR) is 70.4 cm³/mol. The number of methoxy groups -OCH3 is 1. The molecule has 100 valence electrons. The zero-order valence-corrected chi connectivity index (χ0v) is 11.0. The summed E-state index contributed by atoms with van der Waals surface area (Å²) in [4.78, 5) is 17.9. The molecule has 0 bridgehead atoms. The lowest BCUT2D eigenvalue weighted by Gasteiger charge is -2.08. The number of aromatic nitrogens is 2. The molecule has 0 saturated heterocycles. The minimum Gasteiger partial charge on any atom is -0.496 e. The van der Waals surface area contributed by atoms with Gasteiger partial charge in [-0.1, -0.05) is 11.6 Å². The lowest BCUT2D eigenvalue weighted by molar-refractivity contribution is -0.384. The highest BCUT2D eigenvalue weighted by molar-refractivity contribution is 6.31. The maximum absolute atomic E-state index is 11.1. The van der Waals surface area contributed by atoms with E-state index in [1.165, 1.54) is 25.3 Å². The fraction of sp³-hybridized carbons (Fsp3) is 0.0833. The van der Waals surface area contributed by atoms with Gasteiger partial charge in [-0.3, -0.25) is 10.1 Å². The number of nitrogens with zero attached hydrogens (tertiary/aromatic N) is 4. The Labute approximate surface area is 118 Å². The van der Waals surface area contributed by atoms with Crippen LogP contribution in [0.1, 0.15) is 5.56 Å². The average Bonchev–Trinajstić information content (AvgIpc) is 2.45. The minimum atomic E-state index is -0.670. The van der Waals surface area contributed by atoms with Crippen LogP contribution in [0.15, 0.2) is 24.5 Å². The number of halogens is 1. The molecule has 0 saturated carbocycles. The Morgan fingerprint density at radius 2 is 2.20 bits per heavy atom. The smallest absolute Gasteiger partial charge is 0.332 e. The molecule has 0 fully saturated rings. The highest BCUT2D eigenvalue weighted by atomic mass is 35.5. The third kappa shape index (κ3) is 2.37. The second-order valence-electron chi connectivity index (χ2n) is 3.65. The lowest BCUT2D eigenvalue weighted by Crippen LogP contribution is -1.99. The molecule has 0 radical (unpaired) electrons. The average molecular weight is 291 g/mol. The molecule has 0 aliphatic heterocycles. The summed E-state index contributed by atoms with van der Waals surface area (Å²) in [7, 11) is 1.42. The van der Waals surface area contributed by atoms with Crippen LogP contribution in [0.5, 0.6) is 5.75 Å². The van der Waals surface area contributed by atoms with Crippen molar-refractivity contribution in [3.05, 3.63) is 45.4 Å². The first-order valence-electron chi connectivity index (χ1n) is 5.32. The van der Waals surface area contributed by atoms with E-state index in [0.717, 1.165) is 6.33 Å². The first kappa shape index (κ1) is 13.7. The molecule has 0 unspecified atom stereocenters. The topological polar surface area (TPSA) is 102 Å². The van der Waals surface area contributed by atoms with Crippen LogP contribution >= 0.6 is 11.6 Å². The summed E-state index contributed by atoms with van der Waals surface area (Å²) < 4.78 is 5.14. The molecule has 0 N–H and O–H groups in total. The van der Waals surface area contributed by atoms with Gasteiger partial charge < -0.3 is 4.74 Å². The van der Waals surface area contributed by atoms with Crippen molar-refractivity contribution < 1.29 is 9.66 Å². The summed E-state index contributed by atoms with van der Waals surface area (Å²) in [5.74, 6) is 0.349. The zero-order chi connectivity index (χ0) is 14.7. The third-order valence-electron chi connectivity index (χ3n) is 2.54. The van der Waals surface area contributed by atoms with Crippen LogP contribution < -0.4 is 4.74 Å². The van der Waals surface area contributed by atoms with Gasteiger partial charge in [0.05, 0.1) is 29.2 Å². The van der Waals surface area contributed by atoms with Crippen LogP contribution in [0, 0.1) is 21.4 Å². The molecule has 1 heterocycles. The minimum absolute atomic E-state index is 0.00366. The Hall–Kier alpha value is -2.72. The van der Waals surface area contributed by atoms with Gasteiger partial charge in [0.2, 0.25) is 5.15 Å². The van der Waals surface area contributed by atoms with Crippen molar-refractivity contribution >= 4 is 17.3 Å². The summed E-state index contributed by atoms with van der Waals surface area (Å²) in [6, 6.07) is 6.47. The van der Waals surface area contributed by atoms with E-state index in [2.05, 4.69) is 9.97 Å². The number of benzene rings is 1. The van der Waals surface area contributed by atoms with E-state index in [-0.39, 0.29) is 10.8 Å². The predicted octanol–water partition coefficient (Wildman–Crippen LogP) is 2.59. The number of nitro groups is 1. The van der Waals surface area contributed by atoms with Crippen molar-refractivity contribution in [2.75, 3.05) is 7.11 Å². The number of hydrogen-bond acceptors (Lipinski definition) is 6. The van der Waals surface area contributed by atoms with E-state index >= 15 is 0 Å². The van der Waals surface area contributed by atoms with Gasteiger partial charge in [-0.25, -0.2) is 9.97 Å². The molecule has 2 rings (SSSR count). The number of hydrogen-bond donors (Lipinski definition) is 0. The van der Waals surface area contributed by atoms with E-state index < -0.39 is 10.6 Å². The molecular formula is C12H7ClN4O3. The van der Waals surface area contributed by atoms with Gasteiger partial charge in [0.15, 0.2) is 5.69 Å². The third-order valence-corrected chi connectivity index (χ3v) is 2.82. The number of rotatable bonds is 3. The SMILES string of the molecule is COc1ccc(C#N)cc1-c1ncnc(Cl)c1[N+](=O)[O-]. The van der Waals surface area contributed by atoms with Crippen molar-refractivity contribution in [2.24, 2.45) is 0 Å². The Kier molecular flexibility index (Phi) is 3.77. The van der Waals surface area contributed by atoms with Crippen LogP contribution in [0.25, 0.3) is 11.3 Å². The van der Waals surface area contributed by atoms with Gasteiger partial charge >= 0.3 is 5.69 Å². The molecule has 0 amide bonds. The standard InChI is InChI=1S/C12H7ClN4O3/c1-20-9-3-2-7(5-14)4-8(9)10-11(17(18)19)12(13)16-6-15-10/h2-4,6H,1H3. The molecule has 2 aromatic rings. The Morgan fingerprint density at radius 3 is 2.80 bits per heavy atom. The second-order valence-corrected chi connectivity index (χ2v) is 4.00. The fourth-order valence-electron chi connectivity index (χ4n) is 1.68. The first-order valence-corrected chi connectivity index (χ1v) is 5.69. The van der Waals surface area contributed by atoms with Gasteiger partial charge in [0.1, 0.15) is 12.1 Å². The van der Waals surface area contributed by atoms with E-state index in [1.807, 2.05) is 6.07 Å². The highest BCUT2D eigenvalue weighted by Crippen LogP contribution is 2.37. The molecule has 20 heavy (non-hydrogen) atoms. The van der Waals surface area contributed by atoms with Crippen LogP contribution in [0.3, 0.4) is 0 Å². The highest BCUT2D eigenvalue weighted by Gasteiger charge is 2.25. The van der Waals surface area contributed by atoms with Gasteiger partial charge in [-0.15, -0.1) is 0 Å². The largest absolute Gasteiger partial charge is 0.496 e. The molecule has 0 spiro atoms. The van der Waals surface area contributed by atoms with Crippen LogP contribution in [0.4, 0.5) is 5.69 Å². The molecule has 1 aromatic heterocycles. The van der Waals surface area contributed by atoms with Crippen molar-refractivity contribution in [3.63, 3.8) is 0 Å². The monoisotopic (exact) mass is 290 g/mol. The summed E-state index contributed by atoms with van der Waals surface area (Å²) in [5.41, 5.74) is 0.207. The first-order chi connectivity index (χ1) is 9.58. The normalized spacial score (nSPS) is 9.85. The number of ether oxygens (including phenoxy) is 1. The Morgan fingerprint density at radius 1 is 1.45 bits per heavy atom. The molecule has 0 aliphatic rings. The maximum atomic E-state index is 11.1. The molecule has 0 atom stereocenters. The summed E-state index contributed by atoms with van der Waals surface area (Å²) in [6.45, 7) is 0. The van der Waals surface area contributed by atoms with E-state index in [4.69, 9.17) is 21.6 Å². The Bertz CT molecular complexity index is 727. The summed E-state index contributed by atoms with van der Waals surface area (Å²) in [5, 5.41) is 19.8. The van der Waals surface area contributed by atoms with Crippen LogP contribution in [-0.4, -0.2) is 22.0 Å². The van der Waals surface area contributed by atoms with Gasteiger partial charge in [-0.05, 0) is 18.2 Å². The molecule has 0 aliphatic carbocycles. The van der Waals surface area contributed by atoms with Crippen molar-refractivity contribution in [1.29, 1.82) is 5.26 Å². The second kappa shape index (κ2) is 5.50. The molecule has 8 heteroatoms.